The van der Waals surface area contributed by atoms with Crippen molar-refractivity contribution in [3.8, 4) is 0 Å². The molecule has 2 aromatic rings. The first-order valence-corrected chi connectivity index (χ1v) is 7.23. The summed E-state index contributed by atoms with van der Waals surface area (Å²) in [6.45, 7) is 5.55. The van der Waals surface area contributed by atoms with Crippen LogP contribution in [-0.2, 0) is 6.54 Å². The van der Waals surface area contributed by atoms with Crippen molar-refractivity contribution in [1.29, 1.82) is 0 Å². The lowest BCUT2D eigenvalue weighted by molar-refractivity contribution is 0.234. The Balaban J connectivity index is 1.94. The van der Waals surface area contributed by atoms with E-state index in [1.807, 2.05) is 0 Å². The zero-order chi connectivity index (χ0) is 12.4. The average Bonchev–Trinajstić information content (AvgIpc) is 2.44. The van der Waals surface area contributed by atoms with Gasteiger partial charge in [0.2, 0.25) is 0 Å². The molecule has 0 saturated carbocycles. The van der Waals surface area contributed by atoms with E-state index in [4.69, 9.17) is 0 Å². The minimum Gasteiger partial charge on any atom is -0.314 e. The highest BCUT2D eigenvalue weighted by atomic mass is 79.9. The third-order valence-corrected chi connectivity index (χ3v) is 4.26. The number of halogens is 1. The molecule has 0 aliphatic carbocycles. The molecule has 0 spiro atoms. The molecule has 3 heteroatoms. The van der Waals surface area contributed by atoms with E-state index in [9.17, 15) is 0 Å². The number of benzene rings is 2. The van der Waals surface area contributed by atoms with E-state index in [1.54, 1.807) is 0 Å². The molecular weight excluding hydrogens is 288 g/mol. The standard InChI is InChI=1S/C15H17BrN2/c16-15-6-5-12(11-18-9-7-17-8-10-18)13-3-1-2-4-14(13)15/h1-6,17H,7-11H2. The van der Waals surface area contributed by atoms with Gasteiger partial charge in [0.1, 0.15) is 0 Å². The lowest BCUT2D eigenvalue weighted by Gasteiger charge is -2.27. The smallest absolute Gasteiger partial charge is 0.0253 e. The van der Waals surface area contributed by atoms with Gasteiger partial charge in [0.15, 0.2) is 0 Å². The Bertz CT molecular complexity index is 547. The fourth-order valence-corrected chi connectivity index (χ4v) is 3.05. The van der Waals surface area contributed by atoms with Crippen LogP contribution in [0.15, 0.2) is 40.9 Å². The second-order valence-corrected chi connectivity index (χ2v) is 5.63. The Morgan fingerprint density at radius 2 is 1.72 bits per heavy atom. The molecule has 3 rings (SSSR count). The summed E-state index contributed by atoms with van der Waals surface area (Å²) in [5, 5.41) is 6.07. The van der Waals surface area contributed by atoms with E-state index in [1.165, 1.54) is 20.8 Å². The molecule has 18 heavy (non-hydrogen) atoms. The molecule has 0 atom stereocenters. The maximum atomic E-state index is 3.63. The van der Waals surface area contributed by atoms with Gasteiger partial charge in [-0.25, -0.2) is 0 Å². The summed E-state index contributed by atoms with van der Waals surface area (Å²) in [7, 11) is 0. The van der Waals surface area contributed by atoms with Crippen molar-refractivity contribution in [2.45, 2.75) is 6.54 Å². The van der Waals surface area contributed by atoms with Crippen LogP contribution >= 0.6 is 15.9 Å². The molecule has 1 aliphatic rings. The normalized spacial score (nSPS) is 17.2. The van der Waals surface area contributed by atoms with Crippen LogP contribution in [0.2, 0.25) is 0 Å². The van der Waals surface area contributed by atoms with Crippen molar-refractivity contribution in [1.82, 2.24) is 10.2 Å². The third kappa shape index (κ3) is 2.44. The van der Waals surface area contributed by atoms with Gasteiger partial charge in [-0.1, -0.05) is 46.3 Å². The Kier molecular flexibility index (Phi) is 3.64. The number of nitrogens with zero attached hydrogens (tertiary/aromatic N) is 1. The minimum atomic E-state index is 1.05. The summed E-state index contributed by atoms with van der Waals surface area (Å²) >= 11 is 3.63. The predicted octanol–water partition coefficient (Wildman–Crippen LogP) is 3.01. The number of nitrogens with one attached hydrogen (secondary N) is 1. The summed E-state index contributed by atoms with van der Waals surface area (Å²) in [4.78, 5) is 2.52. The molecule has 2 aromatic carbocycles. The van der Waals surface area contributed by atoms with Gasteiger partial charge in [0.25, 0.3) is 0 Å². The van der Waals surface area contributed by atoms with Crippen molar-refractivity contribution in [2.24, 2.45) is 0 Å². The van der Waals surface area contributed by atoms with E-state index in [-0.39, 0.29) is 0 Å². The zero-order valence-corrected chi connectivity index (χ0v) is 11.9. The Hall–Kier alpha value is -0.900. The van der Waals surface area contributed by atoms with Gasteiger partial charge in [-0.3, -0.25) is 4.90 Å². The van der Waals surface area contributed by atoms with Gasteiger partial charge in [0, 0.05) is 37.2 Å². The van der Waals surface area contributed by atoms with Crippen LogP contribution in [0, 0.1) is 0 Å². The molecule has 1 aliphatic heterocycles. The summed E-state index contributed by atoms with van der Waals surface area (Å²) in [5.41, 5.74) is 1.43. The third-order valence-electron chi connectivity index (χ3n) is 3.56. The topological polar surface area (TPSA) is 15.3 Å². The summed E-state index contributed by atoms with van der Waals surface area (Å²) in [5.74, 6) is 0. The van der Waals surface area contributed by atoms with Gasteiger partial charge >= 0.3 is 0 Å². The van der Waals surface area contributed by atoms with Crippen molar-refractivity contribution < 1.29 is 0 Å². The number of hydrogen-bond donors (Lipinski definition) is 1. The van der Waals surface area contributed by atoms with Crippen LogP contribution in [0.25, 0.3) is 10.8 Å². The number of piperazine rings is 1. The highest BCUT2D eigenvalue weighted by Gasteiger charge is 2.12. The van der Waals surface area contributed by atoms with Gasteiger partial charge in [-0.15, -0.1) is 0 Å². The maximum Gasteiger partial charge on any atom is 0.0253 e. The summed E-state index contributed by atoms with van der Waals surface area (Å²) in [6.07, 6.45) is 0. The molecule has 1 fully saturated rings. The molecule has 0 bridgehead atoms. The average molecular weight is 305 g/mol. The second kappa shape index (κ2) is 5.39. The van der Waals surface area contributed by atoms with Crippen LogP contribution in [0.5, 0.6) is 0 Å². The molecule has 0 aromatic heterocycles. The first kappa shape index (κ1) is 12.2. The highest BCUT2D eigenvalue weighted by Crippen LogP contribution is 2.27. The lowest BCUT2D eigenvalue weighted by atomic mass is 10.0. The van der Waals surface area contributed by atoms with Crippen LogP contribution in [-0.4, -0.2) is 31.1 Å². The molecule has 0 amide bonds. The molecule has 1 saturated heterocycles. The molecule has 0 radical (unpaired) electrons. The molecule has 2 nitrogen and oxygen atoms in total. The first-order valence-electron chi connectivity index (χ1n) is 6.44. The Labute approximate surface area is 116 Å². The van der Waals surface area contributed by atoms with Crippen molar-refractivity contribution in [2.75, 3.05) is 26.2 Å². The van der Waals surface area contributed by atoms with Gasteiger partial charge in [-0.2, -0.15) is 0 Å². The molecule has 94 valence electrons. The van der Waals surface area contributed by atoms with Crippen molar-refractivity contribution >= 4 is 26.7 Å². The lowest BCUT2D eigenvalue weighted by Crippen LogP contribution is -2.42. The van der Waals surface area contributed by atoms with Crippen LogP contribution in [0.4, 0.5) is 0 Å². The predicted molar refractivity (Wildman–Crippen MR) is 79.8 cm³/mol. The zero-order valence-electron chi connectivity index (χ0n) is 10.3. The van der Waals surface area contributed by atoms with E-state index in [0.29, 0.717) is 0 Å². The Morgan fingerprint density at radius 3 is 2.50 bits per heavy atom. The minimum absolute atomic E-state index is 1.05. The fourth-order valence-electron chi connectivity index (χ4n) is 2.57. The molecule has 0 unspecified atom stereocenters. The van der Waals surface area contributed by atoms with E-state index < -0.39 is 0 Å². The van der Waals surface area contributed by atoms with E-state index in [2.05, 4.69) is 62.5 Å². The van der Waals surface area contributed by atoms with E-state index >= 15 is 0 Å². The quantitative estimate of drug-likeness (QED) is 0.917. The van der Waals surface area contributed by atoms with Gasteiger partial charge in [0.05, 0.1) is 0 Å². The number of fused-ring (bicyclic) bond motifs is 1. The number of rotatable bonds is 2. The van der Waals surface area contributed by atoms with E-state index in [0.717, 1.165) is 32.7 Å². The van der Waals surface area contributed by atoms with Gasteiger partial charge < -0.3 is 5.32 Å². The first-order chi connectivity index (χ1) is 8.84. The monoisotopic (exact) mass is 304 g/mol. The maximum absolute atomic E-state index is 3.63. The van der Waals surface area contributed by atoms with Gasteiger partial charge in [-0.05, 0) is 22.4 Å². The van der Waals surface area contributed by atoms with Crippen LogP contribution in [0.3, 0.4) is 0 Å². The largest absolute Gasteiger partial charge is 0.314 e. The highest BCUT2D eigenvalue weighted by molar-refractivity contribution is 9.10. The van der Waals surface area contributed by atoms with Crippen molar-refractivity contribution in [3.05, 3.63) is 46.4 Å². The molecule has 1 heterocycles. The van der Waals surface area contributed by atoms with Crippen LogP contribution < -0.4 is 5.32 Å². The molecule has 1 N–H and O–H groups in total. The van der Waals surface area contributed by atoms with Crippen LogP contribution in [0.1, 0.15) is 5.56 Å². The number of hydrogen-bond acceptors (Lipinski definition) is 2. The van der Waals surface area contributed by atoms with Crippen molar-refractivity contribution in [3.63, 3.8) is 0 Å². The summed E-state index contributed by atoms with van der Waals surface area (Å²) in [6, 6.07) is 13.0. The second-order valence-electron chi connectivity index (χ2n) is 4.78. The molecular formula is C15H17BrN2. The Morgan fingerprint density at radius 1 is 1.00 bits per heavy atom. The fraction of sp³-hybridized carbons (Fsp3) is 0.333. The summed E-state index contributed by atoms with van der Waals surface area (Å²) < 4.78 is 1.18. The SMILES string of the molecule is Brc1ccc(CN2CCNCC2)c2ccccc12.